The van der Waals surface area contributed by atoms with Gasteiger partial charge in [0, 0.05) is 37.3 Å². The molecule has 0 aliphatic heterocycles. The molecule has 1 aromatic carbocycles. The molecule has 0 saturated heterocycles. The Hall–Kier alpha value is -1.26. The molecule has 1 aromatic rings. The zero-order valence-corrected chi connectivity index (χ0v) is 10.6. The summed E-state index contributed by atoms with van der Waals surface area (Å²) in [6, 6.07) is 7.41. The molecular weight excluding hydrogens is 240 g/mol. The minimum absolute atomic E-state index is 0.0107. The summed E-state index contributed by atoms with van der Waals surface area (Å²) in [5.74, 6) is 0.0107. The topological polar surface area (TPSA) is 50.4 Å². The lowest BCUT2D eigenvalue weighted by molar-refractivity contribution is -0.121. The fourth-order valence-corrected chi connectivity index (χ4v) is 1.49. The van der Waals surface area contributed by atoms with Crippen LogP contribution in [-0.4, -0.2) is 32.7 Å². The first-order chi connectivity index (χ1) is 8.22. The van der Waals surface area contributed by atoms with E-state index in [0.717, 1.165) is 5.69 Å². The molecule has 94 valence electrons. The summed E-state index contributed by atoms with van der Waals surface area (Å²) in [7, 11) is 1.60. The molecule has 0 aliphatic rings. The number of anilines is 1. The van der Waals surface area contributed by atoms with Gasteiger partial charge in [-0.3, -0.25) is 4.79 Å². The fourth-order valence-electron chi connectivity index (χ4n) is 1.30. The maximum Gasteiger partial charge on any atom is 0.221 e. The van der Waals surface area contributed by atoms with Crippen molar-refractivity contribution in [2.24, 2.45) is 0 Å². The van der Waals surface area contributed by atoms with E-state index in [9.17, 15) is 4.79 Å². The molecule has 0 heterocycles. The highest BCUT2D eigenvalue weighted by Crippen LogP contribution is 2.14. The van der Waals surface area contributed by atoms with E-state index in [2.05, 4.69) is 10.6 Å². The smallest absolute Gasteiger partial charge is 0.221 e. The lowest BCUT2D eigenvalue weighted by atomic mass is 10.3. The van der Waals surface area contributed by atoms with E-state index in [1.165, 1.54) is 0 Å². The minimum Gasteiger partial charge on any atom is -0.384 e. The van der Waals surface area contributed by atoms with Gasteiger partial charge in [-0.1, -0.05) is 17.7 Å². The molecule has 2 N–H and O–H groups in total. The summed E-state index contributed by atoms with van der Waals surface area (Å²) in [6.07, 6.45) is 0.427. The van der Waals surface area contributed by atoms with Crippen molar-refractivity contribution in [3.63, 3.8) is 0 Å². The van der Waals surface area contributed by atoms with E-state index < -0.39 is 0 Å². The second-order valence-electron chi connectivity index (χ2n) is 3.53. The van der Waals surface area contributed by atoms with Crippen LogP contribution in [0.4, 0.5) is 5.69 Å². The molecule has 0 aliphatic carbocycles. The van der Waals surface area contributed by atoms with Crippen molar-refractivity contribution < 1.29 is 9.53 Å². The first-order valence-corrected chi connectivity index (χ1v) is 5.85. The van der Waals surface area contributed by atoms with Crippen LogP contribution >= 0.6 is 11.6 Å². The highest BCUT2D eigenvalue weighted by atomic mass is 35.5. The Kier molecular flexibility index (Phi) is 6.43. The Labute approximate surface area is 106 Å². The molecule has 5 heteroatoms. The second kappa shape index (κ2) is 7.92. The molecule has 0 bridgehead atoms. The predicted octanol–water partition coefficient (Wildman–Crippen LogP) is 1.90. The van der Waals surface area contributed by atoms with Gasteiger partial charge in [-0.05, 0) is 18.2 Å². The van der Waals surface area contributed by atoms with Gasteiger partial charge in [-0.2, -0.15) is 0 Å². The van der Waals surface area contributed by atoms with Gasteiger partial charge < -0.3 is 15.4 Å². The summed E-state index contributed by atoms with van der Waals surface area (Å²) in [4.78, 5) is 11.3. The fraction of sp³-hybridized carbons (Fsp3) is 0.417. The van der Waals surface area contributed by atoms with Gasteiger partial charge in [-0.25, -0.2) is 0 Å². The average Bonchev–Trinajstić information content (AvgIpc) is 2.29. The number of hydrogen-bond donors (Lipinski definition) is 2. The van der Waals surface area contributed by atoms with Crippen LogP contribution in [-0.2, 0) is 9.53 Å². The van der Waals surface area contributed by atoms with Crippen LogP contribution in [0.25, 0.3) is 0 Å². The summed E-state index contributed by atoms with van der Waals surface area (Å²) in [6.45, 7) is 1.67. The van der Waals surface area contributed by atoms with Gasteiger partial charge in [0.2, 0.25) is 5.91 Å². The number of methoxy groups -OCH3 is 1. The Morgan fingerprint density at radius 3 is 2.94 bits per heavy atom. The van der Waals surface area contributed by atoms with Crippen molar-refractivity contribution in [2.45, 2.75) is 6.42 Å². The Balaban J connectivity index is 2.17. The van der Waals surface area contributed by atoms with Crippen LogP contribution in [0.3, 0.4) is 0 Å². The number of halogens is 1. The Morgan fingerprint density at radius 2 is 2.24 bits per heavy atom. The summed E-state index contributed by atoms with van der Waals surface area (Å²) in [5, 5.41) is 6.56. The molecule has 0 saturated carbocycles. The van der Waals surface area contributed by atoms with Crippen molar-refractivity contribution in [1.29, 1.82) is 0 Å². The monoisotopic (exact) mass is 256 g/mol. The number of nitrogens with one attached hydrogen (secondary N) is 2. The zero-order chi connectivity index (χ0) is 12.5. The molecule has 4 nitrogen and oxygen atoms in total. The van der Waals surface area contributed by atoms with Crippen molar-refractivity contribution in [2.75, 3.05) is 32.1 Å². The molecule has 0 fully saturated rings. The lowest BCUT2D eigenvalue weighted by Gasteiger charge is -2.07. The Morgan fingerprint density at radius 1 is 1.41 bits per heavy atom. The largest absolute Gasteiger partial charge is 0.384 e. The average molecular weight is 257 g/mol. The molecule has 0 radical (unpaired) electrons. The highest BCUT2D eigenvalue weighted by Gasteiger charge is 2.00. The molecule has 0 atom stereocenters. The van der Waals surface area contributed by atoms with Gasteiger partial charge in [0.05, 0.1) is 6.61 Å². The van der Waals surface area contributed by atoms with Crippen molar-refractivity contribution in [1.82, 2.24) is 5.32 Å². The van der Waals surface area contributed by atoms with E-state index in [1.807, 2.05) is 24.3 Å². The summed E-state index contributed by atoms with van der Waals surface area (Å²) >= 11 is 5.84. The van der Waals surface area contributed by atoms with Crippen LogP contribution in [0.15, 0.2) is 24.3 Å². The van der Waals surface area contributed by atoms with Crippen molar-refractivity contribution in [3.05, 3.63) is 29.3 Å². The van der Waals surface area contributed by atoms with Gasteiger partial charge in [0.15, 0.2) is 0 Å². The van der Waals surface area contributed by atoms with Gasteiger partial charge in [0.1, 0.15) is 0 Å². The number of hydrogen-bond acceptors (Lipinski definition) is 3. The van der Waals surface area contributed by atoms with E-state index in [0.29, 0.717) is 31.1 Å². The third kappa shape index (κ3) is 6.14. The number of carbonyl (C=O) groups excluding carboxylic acids is 1. The summed E-state index contributed by atoms with van der Waals surface area (Å²) < 4.78 is 4.83. The van der Waals surface area contributed by atoms with Crippen LogP contribution in [0.1, 0.15) is 6.42 Å². The second-order valence-corrected chi connectivity index (χ2v) is 3.97. The van der Waals surface area contributed by atoms with Crippen molar-refractivity contribution >= 4 is 23.2 Å². The summed E-state index contributed by atoms with van der Waals surface area (Å²) in [5.41, 5.74) is 0.919. The quantitative estimate of drug-likeness (QED) is 0.733. The van der Waals surface area contributed by atoms with E-state index in [1.54, 1.807) is 7.11 Å². The molecular formula is C12H17ClN2O2. The molecule has 0 unspecified atom stereocenters. The first kappa shape index (κ1) is 13.8. The van der Waals surface area contributed by atoms with Crippen LogP contribution in [0.5, 0.6) is 0 Å². The maximum absolute atomic E-state index is 11.3. The highest BCUT2D eigenvalue weighted by molar-refractivity contribution is 6.30. The molecule has 1 amide bonds. The number of ether oxygens (including phenoxy) is 1. The van der Waals surface area contributed by atoms with Crippen LogP contribution in [0.2, 0.25) is 5.02 Å². The Bertz CT molecular complexity index is 358. The molecule has 1 rings (SSSR count). The molecule has 0 aromatic heterocycles. The minimum atomic E-state index is 0.0107. The SMILES string of the molecule is COCCNC(=O)CCNc1cccc(Cl)c1. The maximum atomic E-state index is 11.3. The lowest BCUT2D eigenvalue weighted by Crippen LogP contribution is -2.28. The van der Waals surface area contributed by atoms with Gasteiger partial charge in [-0.15, -0.1) is 0 Å². The number of amides is 1. The van der Waals surface area contributed by atoms with Crippen molar-refractivity contribution in [3.8, 4) is 0 Å². The van der Waals surface area contributed by atoms with Crippen LogP contribution < -0.4 is 10.6 Å². The van der Waals surface area contributed by atoms with E-state index in [-0.39, 0.29) is 5.91 Å². The standard InChI is InChI=1S/C12H17ClN2O2/c1-17-8-7-15-12(16)5-6-14-11-4-2-3-10(13)9-11/h2-4,9,14H,5-8H2,1H3,(H,15,16). The third-order valence-electron chi connectivity index (χ3n) is 2.13. The van der Waals surface area contributed by atoms with E-state index >= 15 is 0 Å². The zero-order valence-electron chi connectivity index (χ0n) is 9.83. The number of rotatable bonds is 7. The normalized spacial score (nSPS) is 10.0. The number of carbonyl (C=O) groups is 1. The third-order valence-corrected chi connectivity index (χ3v) is 2.37. The number of benzene rings is 1. The van der Waals surface area contributed by atoms with Gasteiger partial charge in [0.25, 0.3) is 0 Å². The molecule has 17 heavy (non-hydrogen) atoms. The molecule has 0 spiro atoms. The van der Waals surface area contributed by atoms with Crippen LogP contribution in [0, 0.1) is 0 Å². The van der Waals surface area contributed by atoms with E-state index in [4.69, 9.17) is 16.3 Å². The first-order valence-electron chi connectivity index (χ1n) is 5.47. The predicted molar refractivity (Wildman–Crippen MR) is 69.4 cm³/mol. The van der Waals surface area contributed by atoms with Gasteiger partial charge >= 0.3 is 0 Å².